The summed E-state index contributed by atoms with van der Waals surface area (Å²) in [4.78, 5) is 12.3. The number of halogens is 1. The van der Waals surface area contributed by atoms with Gasteiger partial charge in [0.15, 0.2) is 0 Å². The van der Waals surface area contributed by atoms with Crippen LogP contribution in [0, 0.1) is 20.8 Å². The summed E-state index contributed by atoms with van der Waals surface area (Å²) < 4.78 is 5.93. The van der Waals surface area contributed by atoms with Gasteiger partial charge in [-0.15, -0.1) is 0 Å². The Bertz CT molecular complexity index is 630. The van der Waals surface area contributed by atoms with Gasteiger partial charge >= 0.3 is 0 Å². The second-order valence-corrected chi connectivity index (χ2v) is 5.77. The summed E-state index contributed by atoms with van der Waals surface area (Å²) in [6.07, 6.45) is 0. The molecule has 2 rings (SSSR count). The quantitative estimate of drug-likeness (QED) is 0.925. The van der Waals surface area contributed by atoms with Crippen LogP contribution < -0.4 is 5.32 Å². The van der Waals surface area contributed by atoms with E-state index >= 15 is 0 Å². The largest absolute Gasteiger partial charge is 0.361 e. The van der Waals surface area contributed by atoms with Crippen LogP contribution in [0.4, 0.5) is 0 Å². The minimum absolute atomic E-state index is 0.121. The van der Waals surface area contributed by atoms with Crippen molar-refractivity contribution in [2.24, 2.45) is 0 Å². The third-order valence-corrected chi connectivity index (χ3v) is 3.89. The number of nitrogens with one attached hydrogen (secondary N) is 1. The minimum Gasteiger partial charge on any atom is -0.361 e. The Kier molecular flexibility index (Phi) is 4.28. The van der Waals surface area contributed by atoms with Gasteiger partial charge in [0.2, 0.25) is 0 Å². The Balaban J connectivity index is 2.19. The molecule has 1 N–H and O–H groups in total. The highest BCUT2D eigenvalue weighted by Crippen LogP contribution is 2.23. The molecular weight excluding hydrogens is 320 g/mol. The number of carbonyl (C=O) groups excluding carboxylic acids is 1. The van der Waals surface area contributed by atoms with Gasteiger partial charge in [0, 0.05) is 10.0 Å². The van der Waals surface area contributed by atoms with Crippen molar-refractivity contribution in [3.63, 3.8) is 0 Å². The van der Waals surface area contributed by atoms with Gasteiger partial charge in [-0.2, -0.15) is 0 Å². The van der Waals surface area contributed by atoms with E-state index in [9.17, 15) is 4.79 Å². The number of aryl methyl sites for hydroxylation is 3. The molecule has 0 saturated carbocycles. The van der Waals surface area contributed by atoms with Crippen molar-refractivity contribution < 1.29 is 9.32 Å². The summed E-state index contributed by atoms with van der Waals surface area (Å²) in [6.45, 7) is 7.63. The lowest BCUT2D eigenvalue weighted by molar-refractivity contribution is 0.0939. The molecule has 1 atom stereocenters. The van der Waals surface area contributed by atoms with Crippen LogP contribution in [0.15, 0.2) is 27.2 Å². The first-order valence-electron chi connectivity index (χ1n) is 6.40. The molecular formula is C15H17BrN2O2. The van der Waals surface area contributed by atoms with E-state index in [1.807, 2.05) is 45.9 Å². The van der Waals surface area contributed by atoms with E-state index < -0.39 is 0 Å². The molecule has 0 fully saturated rings. The summed E-state index contributed by atoms with van der Waals surface area (Å²) >= 11 is 3.42. The Morgan fingerprint density at radius 1 is 1.35 bits per heavy atom. The normalized spacial score (nSPS) is 12.2. The number of hydrogen-bond donors (Lipinski definition) is 1. The average Bonchev–Trinajstić information content (AvgIpc) is 2.68. The molecule has 0 aliphatic heterocycles. The zero-order valence-corrected chi connectivity index (χ0v) is 13.5. The molecule has 0 spiro atoms. The van der Waals surface area contributed by atoms with Crippen molar-refractivity contribution in [1.29, 1.82) is 0 Å². The van der Waals surface area contributed by atoms with Gasteiger partial charge in [0.25, 0.3) is 5.91 Å². The van der Waals surface area contributed by atoms with Crippen molar-refractivity contribution in [2.45, 2.75) is 33.7 Å². The first-order valence-corrected chi connectivity index (χ1v) is 7.19. The van der Waals surface area contributed by atoms with E-state index in [0.29, 0.717) is 5.56 Å². The molecule has 1 aromatic carbocycles. The third-order valence-electron chi connectivity index (χ3n) is 3.24. The van der Waals surface area contributed by atoms with Crippen LogP contribution in [-0.2, 0) is 0 Å². The first kappa shape index (κ1) is 14.8. The van der Waals surface area contributed by atoms with E-state index in [1.54, 1.807) is 0 Å². The van der Waals surface area contributed by atoms with Crippen molar-refractivity contribution in [1.82, 2.24) is 10.5 Å². The fourth-order valence-electron chi connectivity index (χ4n) is 2.26. The van der Waals surface area contributed by atoms with Gasteiger partial charge < -0.3 is 9.84 Å². The molecule has 1 unspecified atom stereocenters. The lowest BCUT2D eigenvalue weighted by atomic mass is 10.1. The van der Waals surface area contributed by atoms with Gasteiger partial charge in [-0.25, -0.2) is 0 Å². The Hall–Kier alpha value is -1.62. The fraction of sp³-hybridized carbons (Fsp3) is 0.333. The molecule has 0 aliphatic rings. The molecule has 20 heavy (non-hydrogen) atoms. The van der Waals surface area contributed by atoms with Crippen molar-refractivity contribution in [2.75, 3.05) is 0 Å². The summed E-state index contributed by atoms with van der Waals surface area (Å²) in [7, 11) is 0. The number of nitrogens with zero attached hydrogens (tertiary/aromatic N) is 1. The molecule has 0 radical (unpaired) electrons. The SMILES string of the molecule is Cc1ccc(C(=O)NC(C)c2c(C)noc2C)c(Br)c1. The monoisotopic (exact) mass is 336 g/mol. The molecule has 2 aromatic rings. The smallest absolute Gasteiger partial charge is 0.252 e. The number of benzene rings is 1. The van der Waals surface area contributed by atoms with Crippen LogP contribution in [-0.4, -0.2) is 11.1 Å². The van der Waals surface area contributed by atoms with Crippen LogP contribution in [0.5, 0.6) is 0 Å². The summed E-state index contributed by atoms with van der Waals surface area (Å²) in [5.74, 6) is 0.614. The number of aromatic nitrogens is 1. The second-order valence-electron chi connectivity index (χ2n) is 4.92. The maximum atomic E-state index is 12.3. The Morgan fingerprint density at radius 2 is 2.05 bits per heavy atom. The van der Waals surface area contributed by atoms with E-state index in [4.69, 9.17) is 4.52 Å². The maximum Gasteiger partial charge on any atom is 0.252 e. The van der Waals surface area contributed by atoms with Crippen LogP contribution in [0.3, 0.4) is 0 Å². The van der Waals surface area contributed by atoms with E-state index in [0.717, 1.165) is 27.1 Å². The van der Waals surface area contributed by atoms with Gasteiger partial charge in [-0.05, 0) is 61.3 Å². The standard InChI is InChI=1S/C15H17BrN2O2/c1-8-5-6-12(13(16)7-8)15(19)17-9(2)14-10(3)18-20-11(14)4/h5-7,9H,1-4H3,(H,17,19). The Morgan fingerprint density at radius 3 is 2.60 bits per heavy atom. The fourth-order valence-corrected chi connectivity index (χ4v) is 2.93. The Labute approximate surface area is 126 Å². The number of carbonyl (C=O) groups is 1. The molecule has 1 aromatic heterocycles. The lowest BCUT2D eigenvalue weighted by Gasteiger charge is -2.14. The zero-order valence-electron chi connectivity index (χ0n) is 12.0. The van der Waals surface area contributed by atoms with Gasteiger partial charge in [-0.1, -0.05) is 11.2 Å². The van der Waals surface area contributed by atoms with E-state index in [2.05, 4.69) is 26.4 Å². The first-order chi connectivity index (χ1) is 9.40. The second kappa shape index (κ2) is 5.79. The zero-order chi connectivity index (χ0) is 14.9. The average molecular weight is 337 g/mol. The van der Waals surface area contributed by atoms with E-state index in [1.165, 1.54) is 0 Å². The highest BCUT2D eigenvalue weighted by molar-refractivity contribution is 9.10. The van der Waals surface area contributed by atoms with Gasteiger partial charge in [-0.3, -0.25) is 4.79 Å². The molecule has 106 valence electrons. The third kappa shape index (κ3) is 2.93. The van der Waals surface area contributed by atoms with Crippen LogP contribution in [0.2, 0.25) is 0 Å². The molecule has 0 bridgehead atoms. The van der Waals surface area contributed by atoms with Crippen molar-refractivity contribution in [3.05, 3.63) is 50.8 Å². The lowest BCUT2D eigenvalue weighted by Crippen LogP contribution is -2.27. The minimum atomic E-state index is -0.151. The van der Waals surface area contributed by atoms with Gasteiger partial charge in [0.05, 0.1) is 17.3 Å². The molecule has 1 heterocycles. The summed E-state index contributed by atoms with van der Waals surface area (Å²) in [5.41, 5.74) is 3.46. The van der Waals surface area contributed by atoms with Crippen molar-refractivity contribution in [3.8, 4) is 0 Å². The molecule has 0 saturated heterocycles. The number of rotatable bonds is 3. The van der Waals surface area contributed by atoms with Crippen LogP contribution in [0.1, 0.15) is 45.9 Å². The summed E-state index contributed by atoms with van der Waals surface area (Å²) in [5, 5.41) is 6.88. The number of hydrogen-bond acceptors (Lipinski definition) is 3. The molecule has 0 aliphatic carbocycles. The number of amides is 1. The van der Waals surface area contributed by atoms with Gasteiger partial charge in [0.1, 0.15) is 5.76 Å². The molecule has 5 heteroatoms. The predicted octanol–water partition coefficient (Wildman–Crippen LogP) is 3.85. The topological polar surface area (TPSA) is 55.1 Å². The molecule has 4 nitrogen and oxygen atoms in total. The summed E-state index contributed by atoms with van der Waals surface area (Å²) in [6, 6.07) is 5.51. The van der Waals surface area contributed by atoms with E-state index in [-0.39, 0.29) is 11.9 Å². The highest BCUT2D eigenvalue weighted by Gasteiger charge is 2.19. The highest BCUT2D eigenvalue weighted by atomic mass is 79.9. The van der Waals surface area contributed by atoms with Crippen LogP contribution >= 0.6 is 15.9 Å². The van der Waals surface area contributed by atoms with Crippen LogP contribution in [0.25, 0.3) is 0 Å². The molecule has 1 amide bonds. The van der Waals surface area contributed by atoms with Crippen molar-refractivity contribution >= 4 is 21.8 Å². The maximum absolute atomic E-state index is 12.3. The predicted molar refractivity (Wildman–Crippen MR) is 80.7 cm³/mol.